The summed E-state index contributed by atoms with van der Waals surface area (Å²) in [6.07, 6.45) is 1.85. The third-order valence-corrected chi connectivity index (χ3v) is 7.35. The van der Waals surface area contributed by atoms with Crippen LogP contribution in [-0.2, 0) is 4.79 Å². The molecule has 0 saturated carbocycles. The minimum absolute atomic E-state index is 0.0785. The van der Waals surface area contributed by atoms with Crippen molar-refractivity contribution >= 4 is 46.5 Å². The monoisotopic (exact) mass is 473 g/mol. The topological polar surface area (TPSA) is 92.0 Å². The lowest BCUT2D eigenvalue weighted by Crippen LogP contribution is -2.44. The molecule has 3 aliphatic rings. The smallest absolute Gasteiger partial charge is 0.267 e. The second kappa shape index (κ2) is 8.35. The van der Waals surface area contributed by atoms with Gasteiger partial charge in [0.05, 0.1) is 16.3 Å². The quantitative estimate of drug-likeness (QED) is 0.419. The Bertz CT molecular complexity index is 1490. The molecule has 1 amide bonds. The largest absolute Gasteiger partial charge is 0.340 e. The van der Waals surface area contributed by atoms with Gasteiger partial charge in [0.25, 0.3) is 5.91 Å². The van der Waals surface area contributed by atoms with Crippen molar-refractivity contribution in [1.82, 2.24) is 4.90 Å². The molecule has 1 saturated heterocycles. The molecule has 0 aromatic heterocycles. The summed E-state index contributed by atoms with van der Waals surface area (Å²) in [5.41, 5.74) is 5.17. The van der Waals surface area contributed by atoms with Gasteiger partial charge < -0.3 is 10.6 Å². The van der Waals surface area contributed by atoms with Gasteiger partial charge in [0, 0.05) is 11.1 Å². The van der Waals surface area contributed by atoms with Crippen LogP contribution in [0.4, 0.5) is 11.4 Å². The van der Waals surface area contributed by atoms with Gasteiger partial charge in [-0.25, -0.2) is 0 Å². The van der Waals surface area contributed by atoms with Crippen molar-refractivity contribution < 1.29 is 4.79 Å². The first-order valence-electron chi connectivity index (χ1n) is 11.1. The van der Waals surface area contributed by atoms with E-state index in [1.165, 1.54) is 16.7 Å². The van der Waals surface area contributed by atoms with Gasteiger partial charge in [-0.15, -0.1) is 0 Å². The lowest BCUT2D eigenvalue weighted by Gasteiger charge is -2.34. The number of rotatable bonds is 2. The summed E-state index contributed by atoms with van der Waals surface area (Å²) in [5.74, 6) is 0.356. The summed E-state index contributed by atoms with van der Waals surface area (Å²) < 4.78 is 0. The molecule has 3 aliphatic heterocycles. The first-order chi connectivity index (χ1) is 17.2. The molecule has 168 valence electrons. The molecule has 0 aliphatic carbocycles. The molecular weight excluding hydrogens is 454 g/mol. The van der Waals surface area contributed by atoms with E-state index in [0.717, 1.165) is 28.1 Å². The number of carbonyl (C=O) groups excluding carboxylic acids is 1. The second-order valence-corrected chi connectivity index (χ2v) is 9.35. The van der Waals surface area contributed by atoms with E-state index in [2.05, 4.69) is 16.7 Å². The molecule has 0 bridgehead atoms. The SMILES string of the molecule is N#CC1=C(c2ccccc2)C(=C2Nc3ccccc3N2)[C@H]2S/C(=C/c3ccccc3)C(=O)N2C1=N. The summed E-state index contributed by atoms with van der Waals surface area (Å²) in [6.45, 7) is 0. The second-order valence-electron chi connectivity index (χ2n) is 8.23. The van der Waals surface area contributed by atoms with Crippen LogP contribution in [0.2, 0.25) is 0 Å². The molecular formula is C28H19N5OS. The van der Waals surface area contributed by atoms with E-state index in [4.69, 9.17) is 5.41 Å². The van der Waals surface area contributed by atoms with Gasteiger partial charge in [-0.3, -0.25) is 15.1 Å². The van der Waals surface area contributed by atoms with Crippen LogP contribution < -0.4 is 10.6 Å². The number of nitrogens with one attached hydrogen (secondary N) is 3. The van der Waals surface area contributed by atoms with Crippen LogP contribution in [0, 0.1) is 16.7 Å². The molecule has 3 aromatic rings. The highest BCUT2D eigenvalue weighted by Gasteiger charge is 2.48. The predicted molar refractivity (Wildman–Crippen MR) is 140 cm³/mol. The Labute approximate surface area is 206 Å². The number of fused-ring (bicyclic) bond motifs is 2. The summed E-state index contributed by atoms with van der Waals surface area (Å²) in [4.78, 5) is 15.5. The number of carbonyl (C=O) groups is 1. The first kappa shape index (κ1) is 21.0. The number of hydrogen-bond acceptors (Lipinski definition) is 6. The van der Waals surface area contributed by atoms with Gasteiger partial charge in [-0.1, -0.05) is 84.6 Å². The Kier molecular flexibility index (Phi) is 5.02. The lowest BCUT2D eigenvalue weighted by molar-refractivity contribution is -0.122. The third kappa shape index (κ3) is 3.43. The Morgan fingerprint density at radius 1 is 0.914 bits per heavy atom. The highest BCUT2D eigenvalue weighted by atomic mass is 32.2. The van der Waals surface area contributed by atoms with Crippen molar-refractivity contribution in [2.24, 2.45) is 0 Å². The molecule has 6 rings (SSSR count). The summed E-state index contributed by atoms with van der Waals surface area (Å²) in [6, 6.07) is 29.3. The van der Waals surface area contributed by atoms with Crippen molar-refractivity contribution in [1.29, 1.82) is 10.7 Å². The highest BCUT2D eigenvalue weighted by Crippen LogP contribution is 2.50. The maximum atomic E-state index is 13.5. The zero-order valence-corrected chi connectivity index (χ0v) is 19.3. The van der Waals surface area contributed by atoms with Crippen LogP contribution in [0.1, 0.15) is 11.1 Å². The lowest BCUT2D eigenvalue weighted by atomic mass is 9.88. The van der Waals surface area contributed by atoms with E-state index < -0.39 is 5.37 Å². The van der Waals surface area contributed by atoms with Gasteiger partial charge in [-0.05, 0) is 29.3 Å². The minimum atomic E-state index is -0.499. The highest BCUT2D eigenvalue weighted by molar-refractivity contribution is 8.05. The first-order valence-corrected chi connectivity index (χ1v) is 12.0. The summed E-state index contributed by atoms with van der Waals surface area (Å²) >= 11 is 1.40. The molecule has 0 unspecified atom stereocenters. The fourth-order valence-corrected chi connectivity index (χ4v) is 5.85. The maximum Gasteiger partial charge on any atom is 0.267 e. The molecule has 35 heavy (non-hydrogen) atoms. The zero-order chi connectivity index (χ0) is 23.9. The number of thioether (sulfide) groups is 1. The Hall–Kier alpha value is -4.54. The van der Waals surface area contributed by atoms with Crippen LogP contribution in [0.25, 0.3) is 11.6 Å². The van der Waals surface area contributed by atoms with Crippen LogP contribution in [0.3, 0.4) is 0 Å². The van der Waals surface area contributed by atoms with Gasteiger partial charge in [0.15, 0.2) is 0 Å². The molecule has 7 heteroatoms. The van der Waals surface area contributed by atoms with E-state index >= 15 is 0 Å². The average molecular weight is 474 g/mol. The molecule has 3 heterocycles. The van der Waals surface area contributed by atoms with E-state index in [1.807, 2.05) is 91.0 Å². The van der Waals surface area contributed by atoms with Crippen molar-refractivity contribution in [2.75, 3.05) is 10.6 Å². The standard InChI is InChI=1S/C28H19N5OS/c29-16-19-23(18-11-5-2-6-12-18)24(26-31-20-13-7-8-14-21(20)32-26)28-33(25(19)30)27(34)22(35-28)15-17-9-3-1-4-10-17/h1-15,28,30-32H/b22-15+,30-25?/t28-/m1/s1. The Balaban J connectivity index is 1.56. The van der Waals surface area contributed by atoms with Crippen molar-refractivity contribution in [3.8, 4) is 6.07 Å². The van der Waals surface area contributed by atoms with Gasteiger partial charge in [0.2, 0.25) is 0 Å². The minimum Gasteiger partial charge on any atom is -0.340 e. The van der Waals surface area contributed by atoms with Crippen molar-refractivity contribution in [3.05, 3.63) is 118 Å². The van der Waals surface area contributed by atoms with Crippen LogP contribution >= 0.6 is 11.8 Å². The summed E-state index contributed by atoms with van der Waals surface area (Å²) in [5, 5.41) is 25.4. The summed E-state index contributed by atoms with van der Waals surface area (Å²) in [7, 11) is 0. The fraction of sp³-hybridized carbons (Fsp3) is 0.0357. The Morgan fingerprint density at radius 2 is 1.51 bits per heavy atom. The van der Waals surface area contributed by atoms with Crippen LogP contribution in [0.15, 0.2) is 107 Å². The number of hydrogen-bond donors (Lipinski definition) is 3. The normalized spacial score (nSPS) is 19.9. The van der Waals surface area contributed by atoms with Crippen molar-refractivity contribution in [3.63, 3.8) is 0 Å². The van der Waals surface area contributed by atoms with Crippen molar-refractivity contribution in [2.45, 2.75) is 5.37 Å². The molecule has 1 fully saturated rings. The third-order valence-electron chi connectivity index (χ3n) is 6.13. The number of nitrogens with zero attached hydrogens (tertiary/aromatic N) is 2. The number of amides is 1. The number of benzene rings is 3. The van der Waals surface area contributed by atoms with E-state index in [-0.39, 0.29) is 17.3 Å². The molecule has 0 radical (unpaired) electrons. The van der Waals surface area contributed by atoms with E-state index in [9.17, 15) is 10.1 Å². The molecule has 1 atom stereocenters. The molecule has 0 spiro atoms. The predicted octanol–water partition coefficient (Wildman–Crippen LogP) is 5.65. The van der Waals surface area contributed by atoms with E-state index in [0.29, 0.717) is 16.3 Å². The molecule has 3 N–H and O–H groups in total. The average Bonchev–Trinajstić information content (AvgIpc) is 3.46. The molecule has 3 aromatic carbocycles. The van der Waals surface area contributed by atoms with Gasteiger partial charge >= 0.3 is 0 Å². The van der Waals surface area contributed by atoms with Crippen LogP contribution in [-0.4, -0.2) is 22.0 Å². The van der Waals surface area contributed by atoms with Gasteiger partial charge in [0.1, 0.15) is 28.7 Å². The number of amidine groups is 1. The number of nitriles is 1. The Morgan fingerprint density at radius 3 is 2.14 bits per heavy atom. The molecule has 6 nitrogen and oxygen atoms in total. The van der Waals surface area contributed by atoms with E-state index in [1.54, 1.807) is 0 Å². The van der Waals surface area contributed by atoms with Crippen LogP contribution in [0.5, 0.6) is 0 Å². The fourth-order valence-electron chi connectivity index (χ4n) is 4.55. The number of para-hydroxylation sites is 2. The zero-order valence-electron chi connectivity index (χ0n) is 18.4. The number of anilines is 2. The maximum absolute atomic E-state index is 13.5. The van der Waals surface area contributed by atoms with Gasteiger partial charge in [-0.2, -0.15) is 5.26 Å².